The van der Waals surface area contributed by atoms with Crippen LogP contribution < -0.4 is 14.8 Å². The molecule has 1 N–H and O–H groups in total. The van der Waals surface area contributed by atoms with E-state index in [4.69, 9.17) is 9.47 Å². The summed E-state index contributed by atoms with van der Waals surface area (Å²) >= 11 is 1.83. The normalized spacial score (nSPS) is 15.8. The number of benzene rings is 3. The highest BCUT2D eigenvalue weighted by Gasteiger charge is 2.26. The summed E-state index contributed by atoms with van der Waals surface area (Å²) in [7, 11) is 1.72. The van der Waals surface area contributed by atoms with E-state index in [-0.39, 0.29) is 6.04 Å². The van der Waals surface area contributed by atoms with Gasteiger partial charge in [0.25, 0.3) is 0 Å². The Hall–Kier alpha value is -2.86. The minimum Gasteiger partial charge on any atom is -0.493 e. The van der Waals surface area contributed by atoms with Crippen molar-refractivity contribution in [3.63, 3.8) is 0 Å². The molecule has 0 bridgehead atoms. The molecule has 3 aromatic carbocycles. The Balaban J connectivity index is 1.50. The van der Waals surface area contributed by atoms with Gasteiger partial charge in [0, 0.05) is 24.3 Å². The summed E-state index contributed by atoms with van der Waals surface area (Å²) in [6.45, 7) is 4.68. The Labute approximate surface area is 199 Å². The Morgan fingerprint density at radius 2 is 1.79 bits per heavy atom. The third-order valence-electron chi connectivity index (χ3n) is 6.29. The molecule has 1 atom stereocenters. The number of hydrogen-bond donors (Lipinski definition) is 1. The Morgan fingerprint density at radius 1 is 0.939 bits per heavy atom. The monoisotopic (exact) mass is 458 g/mol. The lowest BCUT2D eigenvalue weighted by Crippen LogP contribution is -2.33. The average molecular weight is 459 g/mol. The number of hydrogen-bond acceptors (Lipinski definition) is 5. The molecule has 0 radical (unpaired) electrons. The lowest BCUT2D eigenvalue weighted by Gasteiger charge is -2.31. The summed E-state index contributed by atoms with van der Waals surface area (Å²) in [6, 6.07) is 25.6. The number of rotatable bonds is 7. The first kappa shape index (κ1) is 22.0. The molecule has 0 amide bonds. The van der Waals surface area contributed by atoms with Crippen LogP contribution in [-0.4, -0.2) is 38.2 Å². The molecule has 1 aliphatic heterocycles. The van der Waals surface area contributed by atoms with Gasteiger partial charge in [-0.3, -0.25) is 4.90 Å². The Bertz CT molecular complexity index is 1180. The summed E-state index contributed by atoms with van der Waals surface area (Å²) in [6.07, 6.45) is 1.15. The zero-order valence-corrected chi connectivity index (χ0v) is 19.8. The van der Waals surface area contributed by atoms with Gasteiger partial charge in [0.05, 0.1) is 13.2 Å². The van der Waals surface area contributed by atoms with Crippen LogP contribution in [0.4, 0.5) is 0 Å². The van der Waals surface area contributed by atoms with Crippen LogP contribution in [-0.2, 0) is 6.61 Å². The van der Waals surface area contributed by atoms with Crippen LogP contribution in [0.5, 0.6) is 11.5 Å². The molecule has 4 aromatic rings. The number of nitrogens with zero attached hydrogens (tertiary/aromatic N) is 1. The van der Waals surface area contributed by atoms with Gasteiger partial charge in [-0.1, -0.05) is 54.6 Å². The number of thiophene rings is 1. The van der Waals surface area contributed by atoms with Gasteiger partial charge < -0.3 is 14.8 Å². The summed E-state index contributed by atoms with van der Waals surface area (Å²) in [5, 5.41) is 7.22. The lowest BCUT2D eigenvalue weighted by molar-refractivity contribution is 0.241. The molecule has 33 heavy (non-hydrogen) atoms. The van der Waals surface area contributed by atoms with Crippen molar-refractivity contribution in [2.45, 2.75) is 19.1 Å². The molecule has 0 aliphatic carbocycles. The molecule has 5 rings (SSSR count). The van der Waals surface area contributed by atoms with Crippen LogP contribution in [0.25, 0.3) is 10.1 Å². The fourth-order valence-electron chi connectivity index (χ4n) is 4.63. The highest BCUT2D eigenvalue weighted by molar-refractivity contribution is 7.17. The zero-order chi connectivity index (χ0) is 22.5. The van der Waals surface area contributed by atoms with Crippen LogP contribution in [0.3, 0.4) is 0 Å². The molecule has 0 saturated carbocycles. The largest absolute Gasteiger partial charge is 0.493 e. The van der Waals surface area contributed by atoms with E-state index in [0.29, 0.717) is 6.61 Å². The molecular weight excluding hydrogens is 428 g/mol. The minimum absolute atomic E-state index is 0.179. The number of ether oxygens (including phenoxy) is 2. The average Bonchev–Trinajstić information content (AvgIpc) is 3.10. The van der Waals surface area contributed by atoms with Gasteiger partial charge in [-0.05, 0) is 58.6 Å². The van der Waals surface area contributed by atoms with E-state index >= 15 is 0 Å². The van der Waals surface area contributed by atoms with Crippen LogP contribution in [0.15, 0.2) is 78.2 Å². The zero-order valence-electron chi connectivity index (χ0n) is 19.0. The van der Waals surface area contributed by atoms with Crippen molar-refractivity contribution >= 4 is 21.4 Å². The third-order valence-corrected chi connectivity index (χ3v) is 7.27. The molecule has 1 aromatic heterocycles. The van der Waals surface area contributed by atoms with Crippen molar-refractivity contribution in [1.82, 2.24) is 10.2 Å². The standard InChI is InChI=1S/C28H30N2O2S/c1-31-26-18-22(12-13-25(26)32-19-21-8-3-2-4-9-21)28(30-16-7-14-29-15-17-30)24-20-33-27-11-6-5-10-23(24)27/h2-6,8-13,18,20,28-29H,7,14-17,19H2,1H3. The predicted octanol–water partition coefficient (Wildman–Crippen LogP) is 5.87. The molecule has 170 valence electrons. The fourth-order valence-corrected chi connectivity index (χ4v) is 5.61. The van der Waals surface area contributed by atoms with Gasteiger partial charge >= 0.3 is 0 Å². The smallest absolute Gasteiger partial charge is 0.161 e. The maximum Gasteiger partial charge on any atom is 0.161 e. The van der Waals surface area contributed by atoms with E-state index in [0.717, 1.165) is 49.7 Å². The summed E-state index contributed by atoms with van der Waals surface area (Å²) < 4.78 is 13.3. The highest BCUT2D eigenvalue weighted by Crippen LogP contribution is 2.40. The van der Waals surface area contributed by atoms with Crippen LogP contribution in [0.2, 0.25) is 0 Å². The molecule has 0 spiro atoms. The van der Waals surface area contributed by atoms with Gasteiger partial charge in [-0.2, -0.15) is 0 Å². The minimum atomic E-state index is 0.179. The van der Waals surface area contributed by atoms with Crippen molar-refractivity contribution in [3.8, 4) is 11.5 Å². The Kier molecular flexibility index (Phi) is 6.91. The third kappa shape index (κ3) is 4.91. The first-order valence-corrected chi connectivity index (χ1v) is 12.5. The van der Waals surface area contributed by atoms with Crippen molar-refractivity contribution < 1.29 is 9.47 Å². The number of methoxy groups -OCH3 is 1. The molecule has 5 heteroatoms. The van der Waals surface area contributed by atoms with Gasteiger partial charge in [0.2, 0.25) is 0 Å². The molecule has 1 fully saturated rings. The van der Waals surface area contributed by atoms with Gasteiger partial charge in [0.15, 0.2) is 11.5 Å². The van der Waals surface area contributed by atoms with Gasteiger partial charge in [-0.15, -0.1) is 11.3 Å². The van der Waals surface area contributed by atoms with Crippen molar-refractivity contribution in [3.05, 3.63) is 94.9 Å². The molecule has 4 nitrogen and oxygen atoms in total. The number of nitrogens with one attached hydrogen (secondary N) is 1. The quantitative estimate of drug-likeness (QED) is 0.375. The molecular formula is C28H30N2O2S. The maximum absolute atomic E-state index is 6.13. The van der Waals surface area contributed by atoms with Crippen molar-refractivity contribution in [1.29, 1.82) is 0 Å². The van der Waals surface area contributed by atoms with Crippen LogP contribution >= 0.6 is 11.3 Å². The lowest BCUT2D eigenvalue weighted by atomic mass is 9.95. The molecule has 1 saturated heterocycles. The second-order valence-electron chi connectivity index (χ2n) is 8.41. The van der Waals surface area contributed by atoms with E-state index < -0.39 is 0 Å². The van der Waals surface area contributed by atoms with E-state index in [1.165, 1.54) is 21.2 Å². The van der Waals surface area contributed by atoms with Gasteiger partial charge in [0.1, 0.15) is 6.61 Å². The SMILES string of the molecule is COc1cc(C(c2csc3ccccc23)N2CCCNCC2)ccc1OCc1ccccc1. The molecule has 2 heterocycles. The summed E-state index contributed by atoms with van der Waals surface area (Å²) in [4.78, 5) is 2.60. The van der Waals surface area contributed by atoms with Crippen LogP contribution in [0, 0.1) is 0 Å². The second kappa shape index (κ2) is 10.4. The van der Waals surface area contributed by atoms with E-state index in [1.54, 1.807) is 7.11 Å². The second-order valence-corrected chi connectivity index (χ2v) is 9.33. The first-order chi connectivity index (χ1) is 16.3. The first-order valence-electron chi connectivity index (χ1n) is 11.6. The van der Waals surface area contributed by atoms with Gasteiger partial charge in [-0.25, -0.2) is 0 Å². The Morgan fingerprint density at radius 3 is 2.67 bits per heavy atom. The van der Waals surface area contributed by atoms with E-state index in [9.17, 15) is 0 Å². The maximum atomic E-state index is 6.13. The summed E-state index contributed by atoms with van der Waals surface area (Å²) in [5.41, 5.74) is 3.75. The van der Waals surface area contributed by atoms with Crippen LogP contribution in [0.1, 0.15) is 29.2 Å². The van der Waals surface area contributed by atoms with Crippen molar-refractivity contribution in [2.75, 3.05) is 33.3 Å². The van der Waals surface area contributed by atoms with E-state index in [1.807, 2.05) is 29.5 Å². The highest BCUT2D eigenvalue weighted by atomic mass is 32.1. The van der Waals surface area contributed by atoms with E-state index in [2.05, 4.69) is 70.2 Å². The summed E-state index contributed by atoms with van der Waals surface area (Å²) in [5.74, 6) is 1.55. The fraction of sp³-hybridized carbons (Fsp3) is 0.286. The topological polar surface area (TPSA) is 33.7 Å². The predicted molar refractivity (Wildman–Crippen MR) is 136 cm³/mol. The number of fused-ring (bicyclic) bond motifs is 1. The molecule has 1 unspecified atom stereocenters. The van der Waals surface area contributed by atoms with Crippen molar-refractivity contribution in [2.24, 2.45) is 0 Å². The molecule has 1 aliphatic rings.